The first-order valence-corrected chi connectivity index (χ1v) is 8.16. The van der Waals surface area contributed by atoms with Crippen LogP contribution in [0.15, 0.2) is 42.6 Å². The van der Waals surface area contributed by atoms with E-state index in [0.29, 0.717) is 16.8 Å². The lowest BCUT2D eigenvalue weighted by molar-refractivity contribution is -0.137. The van der Waals surface area contributed by atoms with E-state index in [2.05, 4.69) is 15.8 Å². The molecule has 0 radical (unpaired) electrons. The maximum atomic E-state index is 12.6. The van der Waals surface area contributed by atoms with Crippen LogP contribution in [0.1, 0.15) is 22.8 Å². The summed E-state index contributed by atoms with van der Waals surface area (Å²) >= 11 is 0. The number of carbonyl (C=O) groups is 1. The second-order valence-corrected chi connectivity index (χ2v) is 6.06. The standard InChI is InChI=1S/C18H21F3N4O2/c1-11(16(22-2)24-27)25(3)17(26)13-6-4-12(5-7-13)15-9-8-14(10-23-15)18(19,20)21/h4-11,16,22,24,27H,1-3H3. The SMILES string of the molecule is CNC(NO)C(C)N(C)C(=O)c1ccc(-c2ccc(C(F)(F)F)cn2)cc1. The van der Waals surface area contributed by atoms with Crippen molar-refractivity contribution in [3.05, 3.63) is 53.7 Å². The Bertz CT molecular complexity index is 760. The number of halogens is 3. The number of nitrogens with zero attached hydrogens (tertiary/aromatic N) is 2. The van der Waals surface area contributed by atoms with E-state index in [-0.39, 0.29) is 11.9 Å². The van der Waals surface area contributed by atoms with Gasteiger partial charge in [-0.15, -0.1) is 0 Å². The third kappa shape index (κ3) is 4.82. The van der Waals surface area contributed by atoms with Crippen molar-refractivity contribution in [3.63, 3.8) is 0 Å². The summed E-state index contributed by atoms with van der Waals surface area (Å²) in [7, 11) is 3.26. The average Bonchev–Trinajstić information content (AvgIpc) is 2.67. The molecule has 6 nitrogen and oxygen atoms in total. The second kappa shape index (κ2) is 8.47. The van der Waals surface area contributed by atoms with Crippen LogP contribution in [0.25, 0.3) is 11.3 Å². The Labute approximate surface area is 155 Å². The minimum Gasteiger partial charge on any atom is -0.336 e. The van der Waals surface area contributed by atoms with Gasteiger partial charge in [-0.1, -0.05) is 12.1 Å². The van der Waals surface area contributed by atoms with Gasteiger partial charge in [0.25, 0.3) is 5.91 Å². The van der Waals surface area contributed by atoms with Crippen LogP contribution in [0.4, 0.5) is 13.2 Å². The molecule has 27 heavy (non-hydrogen) atoms. The van der Waals surface area contributed by atoms with Crippen LogP contribution >= 0.6 is 0 Å². The van der Waals surface area contributed by atoms with Crippen molar-refractivity contribution in [2.75, 3.05) is 14.1 Å². The Kier molecular flexibility index (Phi) is 6.53. The van der Waals surface area contributed by atoms with Gasteiger partial charge in [0.15, 0.2) is 0 Å². The number of benzene rings is 1. The summed E-state index contributed by atoms with van der Waals surface area (Å²) < 4.78 is 37.8. The predicted octanol–water partition coefficient (Wildman–Crippen LogP) is 2.75. The lowest BCUT2D eigenvalue weighted by atomic mass is 10.1. The van der Waals surface area contributed by atoms with E-state index in [1.54, 1.807) is 45.3 Å². The largest absolute Gasteiger partial charge is 0.417 e. The molecule has 9 heteroatoms. The van der Waals surface area contributed by atoms with Gasteiger partial charge in [-0.25, -0.2) is 0 Å². The van der Waals surface area contributed by atoms with Crippen LogP contribution in [-0.2, 0) is 6.18 Å². The molecule has 3 N–H and O–H groups in total. The quantitative estimate of drug-likeness (QED) is 0.529. The van der Waals surface area contributed by atoms with Crippen molar-refractivity contribution in [2.24, 2.45) is 0 Å². The van der Waals surface area contributed by atoms with Gasteiger partial charge in [0.1, 0.15) is 6.17 Å². The highest BCUT2D eigenvalue weighted by molar-refractivity contribution is 5.94. The predicted molar refractivity (Wildman–Crippen MR) is 94.0 cm³/mol. The van der Waals surface area contributed by atoms with Gasteiger partial charge in [-0.05, 0) is 38.2 Å². The molecule has 146 valence electrons. The third-order valence-electron chi connectivity index (χ3n) is 4.38. The van der Waals surface area contributed by atoms with Crippen LogP contribution < -0.4 is 10.8 Å². The number of hydroxylamine groups is 1. The molecule has 0 aliphatic rings. The average molecular weight is 382 g/mol. The number of rotatable bonds is 6. The summed E-state index contributed by atoms with van der Waals surface area (Å²) in [4.78, 5) is 17.9. The van der Waals surface area contributed by atoms with E-state index in [9.17, 15) is 18.0 Å². The lowest BCUT2D eigenvalue weighted by Gasteiger charge is -2.30. The molecule has 0 bridgehead atoms. The summed E-state index contributed by atoms with van der Waals surface area (Å²) in [6.45, 7) is 1.77. The molecule has 1 aromatic carbocycles. The topological polar surface area (TPSA) is 77.5 Å². The smallest absolute Gasteiger partial charge is 0.336 e. The second-order valence-electron chi connectivity index (χ2n) is 6.06. The summed E-state index contributed by atoms with van der Waals surface area (Å²) in [5.41, 5.74) is 2.66. The van der Waals surface area contributed by atoms with Crippen molar-refractivity contribution in [1.29, 1.82) is 0 Å². The van der Waals surface area contributed by atoms with E-state index >= 15 is 0 Å². The fourth-order valence-corrected chi connectivity index (χ4v) is 2.54. The fourth-order valence-electron chi connectivity index (χ4n) is 2.54. The van der Waals surface area contributed by atoms with E-state index in [1.807, 2.05) is 0 Å². The summed E-state index contributed by atoms with van der Waals surface area (Å²) in [5, 5.41) is 11.9. The maximum absolute atomic E-state index is 12.6. The van der Waals surface area contributed by atoms with Gasteiger partial charge >= 0.3 is 6.18 Å². The van der Waals surface area contributed by atoms with Gasteiger partial charge in [-0.2, -0.15) is 18.7 Å². The summed E-state index contributed by atoms with van der Waals surface area (Å²) in [6.07, 6.45) is -4.16. The Morgan fingerprint density at radius 3 is 2.26 bits per heavy atom. The van der Waals surface area contributed by atoms with Gasteiger partial charge < -0.3 is 15.4 Å². The number of hydrogen-bond acceptors (Lipinski definition) is 5. The maximum Gasteiger partial charge on any atom is 0.417 e. The molecular formula is C18H21F3N4O2. The zero-order valence-electron chi connectivity index (χ0n) is 15.1. The van der Waals surface area contributed by atoms with Crippen molar-refractivity contribution in [3.8, 4) is 11.3 Å². The molecule has 0 aliphatic heterocycles. The molecule has 2 aromatic rings. The highest BCUT2D eigenvalue weighted by atomic mass is 19.4. The van der Waals surface area contributed by atoms with Crippen LogP contribution in [0, 0.1) is 0 Å². The molecule has 0 aliphatic carbocycles. The zero-order valence-corrected chi connectivity index (χ0v) is 15.1. The van der Waals surface area contributed by atoms with Gasteiger partial charge in [-0.3, -0.25) is 9.78 Å². The first-order valence-electron chi connectivity index (χ1n) is 8.16. The minimum atomic E-state index is -4.43. The Morgan fingerprint density at radius 1 is 1.19 bits per heavy atom. The van der Waals surface area contributed by atoms with Crippen molar-refractivity contribution in [2.45, 2.75) is 25.3 Å². The molecule has 1 heterocycles. The van der Waals surface area contributed by atoms with E-state index in [1.165, 1.54) is 11.0 Å². The lowest BCUT2D eigenvalue weighted by Crippen LogP contribution is -2.54. The molecular weight excluding hydrogens is 361 g/mol. The third-order valence-corrected chi connectivity index (χ3v) is 4.38. The number of alkyl halides is 3. The molecule has 1 aromatic heterocycles. The molecule has 2 rings (SSSR count). The zero-order chi connectivity index (χ0) is 20.2. The highest BCUT2D eigenvalue weighted by Crippen LogP contribution is 2.29. The Morgan fingerprint density at radius 2 is 1.81 bits per heavy atom. The molecule has 2 unspecified atom stereocenters. The number of nitrogens with one attached hydrogen (secondary N) is 2. The molecule has 1 amide bonds. The van der Waals surface area contributed by atoms with E-state index < -0.39 is 17.9 Å². The fraction of sp³-hybridized carbons (Fsp3) is 0.333. The monoisotopic (exact) mass is 382 g/mol. The highest BCUT2D eigenvalue weighted by Gasteiger charge is 2.30. The molecule has 0 spiro atoms. The van der Waals surface area contributed by atoms with Gasteiger partial charge in [0, 0.05) is 24.4 Å². The van der Waals surface area contributed by atoms with Crippen LogP contribution in [0.5, 0.6) is 0 Å². The van der Waals surface area contributed by atoms with Crippen LogP contribution in [0.2, 0.25) is 0 Å². The number of amides is 1. The molecule has 0 fully saturated rings. The minimum absolute atomic E-state index is 0.259. The molecule has 0 saturated carbocycles. The first-order chi connectivity index (χ1) is 12.7. The normalized spacial score (nSPS) is 13.9. The number of carbonyl (C=O) groups excluding carboxylic acids is 1. The molecule has 0 saturated heterocycles. The number of pyridine rings is 1. The van der Waals surface area contributed by atoms with Crippen LogP contribution in [-0.4, -0.2) is 47.3 Å². The van der Waals surface area contributed by atoms with E-state index in [4.69, 9.17) is 5.21 Å². The summed E-state index contributed by atoms with van der Waals surface area (Å²) in [6, 6.07) is 8.34. The molecule has 2 atom stereocenters. The Hall–Kier alpha value is -2.49. The van der Waals surface area contributed by atoms with Crippen LogP contribution in [0.3, 0.4) is 0 Å². The number of likely N-dealkylation sites (N-methyl/N-ethyl adjacent to an activating group) is 2. The van der Waals surface area contributed by atoms with Crippen molar-refractivity contribution >= 4 is 5.91 Å². The summed E-state index contributed by atoms with van der Waals surface area (Å²) in [5.74, 6) is -0.259. The van der Waals surface area contributed by atoms with Crippen molar-refractivity contribution < 1.29 is 23.2 Å². The Balaban J connectivity index is 2.16. The number of aromatic nitrogens is 1. The van der Waals surface area contributed by atoms with Gasteiger partial charge in [0.05, 0.1) is 17.3 Å². The van der Waals surface area contributed by atoms with E-state index in [0.717, 1.165) is 12.3 Å². The van der Waals surface area contributed by atoms with Crippen molar-refractivity contribution in [1.82, 2.24) is 20.7 Å². The first kappa shape index (κ1) is 20.8. The van der Waals surface area contributed by atoms with Gasteiger partial charge in [0.2, 0.25) is 0 Å². The number of hydrogen-bond donors (Lipinski definition) is 3.